The van der Waals surface area contributed by atoms with Gasteiger partial charge in [-0.15, -0.1) is 0 Å². The highest BCUT2D eigenvalue weighted by molar-refractivity contribution is 6.24. The van der Waals surface area contributed by atoms with E-state index >= 15 is 0 Å². The van der Waals surface area contributed by atoms with Crippen LogP contribution in [0.5, 0.6) is 0 Å². The standard InChI is InChI=1S/C25H24N2O3/c1-3-24(21-14-12-18(2)13-15-21)26-25(28)23(20-9-5-4-6-10-20)17-19-8-7-11-22(16-19)27(29)30/h4-17,24H,3H2,1-2H3,(H,26,28)/b23-17+/t24-/m0/s1. The Morgan fingerprint density at radius 2 is 1.73 bits per heavy atom. The molecule has 0 unspecified atom stereocenters. The molecule has 0 spiro atoms. The first-order valence-corrected chi connectivity index (χ1v) is 9.87. The number of nitrogens with one attached hydrogen (secondary N) is 1. The molecule has 3 rings (SSSR count). The molecular formula is C25H24N2O3. The zero-order chi connectivity index (χ0) is 21.5. The Kier molecular flexibility index (Phi) is 6.75. The Hall–Kier alpha value is -3.73. The van der Waals surface area contributed by atoms with Gasteiger partial charge >= 0.3 is 0 Å². The first-order chi connectivity index (χ1) is 14.5. The van der Waals surface area contributed by atoms with E-state index in [1.807, 2.05) is 68.4 Å². The molecule has 0 aliphatic heterocycles. The molecule has 0 aromatic heterocycles. The van der Waals surface area contributed by atoms with E-state index in [2.05, 4.69) is 5.32 Å². The molecular weight excluding hydrogens is 376 g/mol. The van der Waals surface area contributed by atoms with Gasteiger partial charge in [-0.05, 0) is 36.1 Å². The maximum atomic E-state index is 13.3. The highest BCUT2D eigenvalue weighted by atomic mass is 16.6. The van der Waals surface area contributed by atoms with Gasteiger partial charge in [-0.3, -0.25) is 14.9 Å². The van der Waals surface area contributed by atoms with E-state index in [0.717, 1.165) is 23.1 Å². The fourth-order valence-corrected chi connectivity index (χ4v) is 3.25. The molecule has 3 aromatic rings. The Labute approximate surface area is 176 Å². The van der Waals surface area contributed by atoms with Gasteiger partial charge in [0.25, 0.3) is 11.6 Å². The summed E-state index contributed by atoms with van der Waals surface area (Å²) in [6.07, 6.45) is 2.44. The van der Waals surface area contributed by atoms with Crippen molar-refractivity contribution in [1.29, 1.82) is 0 Å². The van der Waals surface area contributed by atoms with Gasteiger partial charge in [0, 0.05) is 17.7 Å². The van der Waals surface area contributed by atoms with E-state index < -0.39 is 4.92 Å². The predicted octanol–water partition coefficient (Wildman–Crippen LogP) is 5.71. The van der Waals surface area contributed by atoms with Crippen LogP contribution in [0.15, 0.2) is 78.9 Å². The van der Waals surface area contributed by atoms with Crippen molar-refractivity contribution in [2.75, 3.05) is 0 Å². The van der Waals surface area contributed by atoms with Crippen molar-refractivity contribution in [2.45, 2.75) is 26.3 Å². The minimum atomic E-state index is -0.440. The monoisotopic (exact) mass is 400 g/mol. The number of hydrogen-bond acceptors (Lipinski definition) is 3. The molecule has 0 aliphatic carbocycles. The lowest BCUT2D eigenvalue weighted by Crippen LogP contribution is -2.29. The first-order valence-electron chi connectivity index (χ1n) is 9.87. The lowest BCUT2D eigenvalue weighted by Gasteiger charge is -2.19. The van der Waals surface area contributed by atoms with Crippen molar-refractivity contribution in [2.24, 2.45) is 0 Å². The smallest absolute Gasteiger partial charge is 0.270 e. The predicted molar refractivity (Wildman–Crippen MR) is 120 cm³/mol. The number of aryl methyl sites for hydroxylation is 1. The first kappa shape index (κ1) is 21.0. The average Bonchev–Trinajstić information content (AvgIpc) is 2.77. The third-order valence-electron chi connectivity index (χ3n) is 4.91. The normalized spacial score (nSPS) is 12.3. The molecule has 1 amide bonds. The van der Waals surface area contributed by atoms with Crippen LogP contribution in [-0.4, -0.2) is 10.8 Å². The quantitative estimate of drug-likeness (QED) is 0.239. The number of non-ortho nitro benzene ring substituents is 1. The van der Waals surface area contributed by atoms with E-state index in [-0.39, 0.29) is 17.6 Å². The SMILES string of the molecule is CC[C@H](NC(=O)/C(=C/c1cccc([N+](=O)[O-])c1)c1ccccc1)c1ccc(C)cc1. The molecule has 1 atom stereocenters. The van der Waals surface area contributed by atoms with E-state index in [1.54, 1.807) is 18.2 Å². The Balaban J connectivity index is 1.96. The summed E-state index contributed by atoms with van der Waals surface area (Å²) >= 11 is 0. The van der Waals surface area contributed by atoms with Crippen LogP contribution in [0.4, 0.5) is 5.69 Å². The summed E-state index contributed by atoms with van der Waals surface area (Å²) in [5.41, 5.74) is 4.00. The highest BCUT2D eigenvalue weighted by Gasteiger charge is 2.18. The van der Waals surface area contributed by atoms with Gasteiger partial charge in [-0.25, -0.2) is 0 Å². The molecule has 30 heavy (non-hydrogen) atoms. The second kappa shape index (κ2) is 9.65. The summed E-state index contributed by atoms with van der Waals surface area (Å²) in [6.45, 7) is 4.05. The van der Waals surface area contributed by atoms with Crippen LogP contribution in [0.2, 0.25) is 0 Å². The molecule has 152 valence electrons. The van der Waals surface area contributed by atoms with Crippen molar-refractivity contribution < 1.29 is 9.72 Å². The number of benzene rings is 3. The van der Waals surface area contributed by atoms with Crippen LogP contribution in [-0.2, 0) is 4.79 Å². The van der Waals surface area contributed by atoms with Crippen molar-refractivity contribution in [1.82, 2.24) is 5.32 Å². The molecule has 0 saturated carbocycles. The zero-order valence-electron chi connectivity index (χ0n) is 17.0. The number of amides is 1. The Morgan fingerprint density at radius 1 is 1.03 bits per heavy atom. The van der Waals surface area contributed by atoms with Crippen LogP contribution in [0.25, 0.3) is 11.6 Å². The molecule has 1 N–H and O–H groups in total. The van der Waals surface area contributed by atoms with Gasteiger partial charge in [0.2, 0.25) is 0 Å². The summed E-state index contributed by atoms with van der Waals surface area (Å²) in [7, 11) is 0. The van der Waals surface area contributed by atoms with Crippen LogP contribution < -0.4 is 5.32 Å². The second-order valence-corrected chi connectivity index (χ2v) is 7.12. The lowest BCUT2D eigenvalue weighted by atomic mass is 9.99. The van der Waals surface area contributed by atoms with Crippen molar-refractivity contribution in [3.05, 3.63) is 111 Å². The fraction of sp³-hybridized carbons (Fsp3) is 0.160. The molecule has 0 bridgehead atoms. The number of nitro benzene ring substituents is 1. The maximum absolute atomic E-state index is 13.3. The van der Waals surface area contributed by atoms with Crippen LogP contribution in [0, 0.1) is 17.0 Å². The van der Waals surface area contributed by atoms with Crippen LogP contribution in [0.1, 0.15) is 41.6 Å². The summed E-state index contributed by atoms with van der Waals surface area (Å²) in [4.78, 5) is 23.9. The summed E-state index contributed by atoms with van der Waals surface area (Å²) < 4.78 is 0. The minimum Gasteiger partial charge on any atom is -0.345 e. The van der Waals surface area contributed by atoms with E-state index in [4.69, 9.17) is 0 Å². The highest BCUT2D eigenvalue weighted by Crippen LogP contribution is 2.24. The van der Waals surface area contributed by atoms with Gasteiger partial charge in [0.15, 0.2) is 0 Å². The minimum absolute atomic E-state index is 0.0114. The largest absolute Gasteiger partial charge is 0.345 e. The van der Waals surface area contributed by atoms with E-state index in [9.17, 15) is 14.9 Å². The zero-order valence-corrected chi connectivity index (χ0v) is 17.0. The molecule has 0 radical (unpaired) electrons. The van der Waals surface area contributed by atoms with E-state index in [0.29, 0.717) is 11.1 Å². The van der Waals surface area contributed by atoms with E-state index in [1.165, 1.54) is 12.1 Å². The van der Waals surface area contributed by atoms with Crippen molar-refractivity contribution in [3.8, 4) is 0 Å². The molecule has 0 saturated heterocycles. The molecule has 0 fully saturated rings. The van der Waals surface area contributed by atoms with Crippen molar-refractivity contribution >= 4 is 23.2 Å². The van der Waals surface area contributed by atoms with Crippen molar-refractivity contribution in [3.63, 3.8) is 0 Å². The van der Waals surface area contributed by atoms with Gasteiger partial charge in [0.1, 0.15) is 0 Å². The Bertz CT molecular complexity index is 1060. The molecule has 5 heteroatoms. The molecule has 5 nitrogen and oxygen atoms in total. The third kappa shape index (κ3) is 5.20. The van der Waals surface area contributed by atoms with Gasteiger partial charge in [0.05, 0.1) is 11.0 Å². The van der Waals surface area contributed by atoms with Crippen LogP contribution in [0.3, 0.4) is 0 Å². The second-order valence-electron chi connectivity index (χ2n) is 7.12. The molecule has 0 heterocycles. The lowest BCUT2D eigenvalue weighted by molar-refractivity contribution is -0.384. The topological polar surface area (TPSA) is 72.2 Å². The number of rotatable bonds is 7. The van der Waals surface area contributed by atoms with Gasteiger partial charge in [-0.1, -0.05) is 79.2 Å². The third-order valence-corrected chi connectivity index (χ3v) is 4.91. The maximum Gasteiger partial charge on any atom is 0.270 e. The molecule has 3 aromatic carbocycles. The van der Waals surface area contributed by atoms with Gasteiger partial charge < -0.3 is 5.32 Å². The number of carbonyl (C=O) groups excluding carboxylic acids is 1. The number of nitro groups is 1. The van der Waals surface area contributed by atoms with Crippen LogP contribution >= 0.6 is 0 Å². The summed E-state index contributed by atoms with van der Waals surface area (Å²) in [6, 6.07) is 23.6. The number of hydrogen-bond donors (Lipinski definition) is 1. The summed E-state index contributed by atoms with van der Waals surface area (Å²) in [5.74, 6) is -0.222. The van der Waals surface area contributed by atoms with Gasteiger partial charge in [-0.2, -0.15) is 0 Å². The number of nitrogens with zero attached hydrogens (tertiary/aromatic N) is 1. The number of carbonyl (C=O) groups is 1. The summed E-state index contributed by atoms with van der Waals surface area (Å²) in [5, 5.41) is 14.2. The Morgan fingerprint density at radius 3 is 2.37 bits per heavy atom. The molecule has 0 aliphatic rings. The fourth-order valence-electron chi connectivity index (χ4n) is 3.25. The average molecular weight is 400 g/mol.